The lowest BCUT2D eigenvalue weighted by molar-refractivity contribution is 0.111. The van der Waals surface area contributed by atoms with E-state index in [4.69, 9.17) is 10.00 Å². The van der Waals surface area contributed by atoms with Crippen LogP contribution in [0.2, 0.25) is 0 Å². The number of piperidine rings is 1. The van der Waals surface area contributed by atoms with Gasteiger partial charge in [0.05, 0.1) is 12.8 Å². The molecule has 166 valence electrons. The second-order valence-corrected chi connectivity index (χ2v) is 8.73. The summed E-state index contributed by atoms with van der Waals surface area (Å²) in [5.41, 5.74) is 1.94. The maximum atomic E-state index is 10.7. The van der Waals surface area contributed by atoms with Crippen LogP contribution in [0.15, 0.2) is 30.7 Å². The second kappa shape index (κ2) is 8.33. The quantitative estimate of drug-likeness (QED) is 0.636. The normalized spacial score (nSPS) is 19.3. The largest absolute Gasteiger partial charge is 0.495 e. The molecule has 0 unspecified atom stereocenters. The first-order valence-corrected chi connectivity index (χ1v) is 10.9. The van der Waals surface area contributed by atoms with Gasteiger partial charge in [-0.3, -0.25) is 9.88 Å². The summed E-state index contributed by atoms with van der Waals surface area (Å²) in [6, 6.07) is 7.67. The molecule has 5 heterocycles. The van der Waals surface area contributed by atoms with Crippen molar-refractivity contribution >= 4 is 11.5 Å². The van der Waals surface area contributed by atoms with Crippen LogP contribution < -0.4 is 9.64 Å². The Morgan fingerprint density at radius 3 is 2.84 bits per heavy atom. The number of nitriles is 1. The van der Waals surface area contributed by atoms with Gasteiger partial charge < -0.3 is 14.7 Å². The first-order chi connectivity index (χ1) is 15.6. The van der Waals surface area contributed by atoms with Crippen LogP contribution in [0.3, 0.4) is 0 Å². The summed E-state index contributed by atoms with van der Waals surface area (Å²) in [4.78, 5) is 8.92. The summed E-state index contributed by atoms with van der Waals surface area (Å²) < 4.78 is 6.96. The van der Waals surface area contributed by atoms with Gasteiger partial charge in [-0.2, -0.15) is 9.78 Å². The molecular formula is C22H26N8O2. The van der Waals surface area contributed by atoms with Crippen molar-refractivity contribution in [3.05, 3.63) is 42.0 Å². The van der Waals surface area contributed by atoms with E-state index in [1.54, 1.807) is 16.9 Å². The number of likely N-dealkylation sites (tertiary alicyclic amines) is 1. The van der Waals surface area contributed by atoms with E-state index in [-0.39, 0.29) is 5.41 Å². The van der Waals surface area contributed by atoms with E-state index >= 15 is 0 Å². The number of aromatic nitrogens is 5. The maximum Gasteiger partial charge on any atom is 0.177 e. The zero-order valence-corrected chi connectivity index (χ0v) is 18.1. The Morgan fingerprint density at radius 2 is 2.06 bits per heavy atom. The van der Waals surface area contributed by atoms with Crippen LogP contribution in [0.1, 0.15) is 36.6 Å². The molecular weight excluding hydrogens is 408 g/mol. The predicted octanol–water partition coefficient (Wildman–Crippen LogP) is 1.43. The van der Waals surface area contributed by atoms with E-state index in [9.17, 15) is 5.11 Å². The molecule has 1 spiro atoms. The van der Waals surface area contributed by atoms with Gasteiger partial charge in [0.1, 0.15) is 35.6 Å². The minimum atomic E-state index is -0.716. The Labute approximate surface area is 186 Å². The lowest BCUT2D eigenvalue weighted by atomic mass is 9.78. The van der Waals surface area contributed by atoms with E-state index in [1.807, 2.05) is 12.1 Å². The van der Waals surface area contributed by atoms with E-state index in [0.29, 0.717) is 23.6 Å². The van der Waals surface area contributed by atoms with Crippen molar-refractivity contribution < 1.29 is 9.84 Å². The highest BCUT2D eigenvalue weighted by Gasteiger charge is 2.41. The Hall–Kier alpha value is -3.29. The summed E-state index contributed by atoms with van der Waals surface area (Å²) in [5, 5.41) is 32.4. The zero-order valence-electron chi connectivity index (χ0n) is 18.1. The molecule has 10 nitrogen and oxygen atoms in total. The van der Waals surface area contributed by atoms with Crippen LogP contribution in [0.5, 0.6) is 5.75 Å². The molecule has 0 aromatic carbocycles. The maximum absolute atomic E-state index is 10.7. The minimum Gasteiger partial charge on any atom is -0.495 e. The number of anilines is 1. The van der Waals surface area contributed by atoms with Gasteiger partial charge in [-0.1, -0.05) is 0 Å². The standard InChI is InChI=1S/C22H26N8O2/c1-32-19-10-17(24-12-16(19)11-23)18(31)13-28-7-4-22(14-28)5-8-29(9-6-22)21-3-2-20-26-25-15-30(20)27-21/h2-3,10,12,15,18,31H,4-9,13-14H2,1H3/t18-/m1/s1. The van der Waals surface area contributed by atoms with Crippen LogP contribution >= 0.6 is 0 Å². The van der Waals surface area contributed by atoms with Crippen molar-refractivity contribution in [2.24, 2.45) is 5.41 Å². The fraction of sp³-hybridized carbons (Fsp3) is 0.500. The van der Waals surface area contributed by atoms with Crippen molar-refractivity contribution in [1.82, 2.24) is 29.7 Å². The molecule has 2 saturated heterocycles. The molecule has 0 radical (unpaired) electrons. The van der Waals surface area contributed by atoms with E-state index in [0.717, 1.165) is 56.9 Å². The van der Waals surface area contributed by atoms with Gasteiger partial charge in [0.15, 0.2) is 5.65 Å². The second-order valence-electron chi connectivity index (χ2n) is 8.73. The molecule has 0 saturated carbocycles. The van der Waals surface area contributed by atoms with Crippen LogP contribution in [0, 0.1) is 16.7 Å². The molecule has 2 fully saturated rings. The van der Waals surface area contributed by atoms with Gasteiger partial charge in [-0.15, -0.1) is 15.3 Å². The number of β-amino-alcohol motifs (C(OH)–C–C–N with tert-alkyl or cyclic N) is 1. The van der Waals surface area contributed by atoms with E-state index < -0.39 is 6.10 Å². The predicted molar refractivity (Wildman–Crippen MR) is 116 cm³/mol. The van der Waals surface area contributed by atoms with Crippen molar-refractivity contribution in [3.8, 4) is 11.8 Å². The SMILES string of the molecule is COc1cc([C@H](O)CN2CCC3(CCN(c4ccc5nncn5n4)CC3)C2)ncc1C#N. The topological polar surface area (TPSA) is 116 Å². The number of hydrogen-bond acceptors (Lipinski definition) is 9. The number of pyridine rings is 1. The van der Waals surface area contributed by atoms with Gasteiger partial charge in [-0.25, -0.2) is 0 Å². The number of fused-ring (bicyclic) bond motifs is 1. The number of hydrogen-bond donors (Lipinski definition) is 1. The fourth-order valence-electron chi connectivity index (χ4n) is 4.91. The molecule has 2 aliphatic heterocycles. The fourth-order valence-corrected chi connectivity index (χ4v) is 4.91. The average molecular weight is 435 g/mol. The van der Waals surface area contributed by atoms with E-state index in [1.165, 1.54) is 13.3 Å². The van der Waals surface area contributed by atoms with Crippen molar-refractivity contribution in [2.75, 3.05) is 44.7 Å². The van der Waals surface area contributed by atoms with E-state index in [2.05, 4.69) is 36.1 Å². The van der Waals surface area contributed by atoms with Crippen molar-refractivity contribution in [3.63, 3.8) is 0 Å². The summed E-state index contributed by atoms with van der Waals surface area (Å²) >= 11 is 0. The molecule has 10 heteroatoms. The van der Waals surface area contributed by atoms with Crippen LogP contribution in [0.25, 0.3) is 5.65 Å². The molecule has 0 aliphatic carbocycles. The Kier molecular flexibility index (Phi) is 5.36. The highest BCUT2D eigenvalue weighted by atomic mass is 16.5. The van der Waals surface area contributed by atoms with Crippen LogP contribution in [0.4, 0.5) is 5.82 Å². The molecule has 0 amide bonds. The molecule has 3 aromatic rings. The van der Waals surface area contributed by atoms with Gasteiger partial charge in [0.2, 0.25) is 0 Å². The number of aliphatic hydroxyl groups is 1. The smallest absolute Gasteiger partial charge is 0.177 e. The Balaban J connectivity index is 1.19. The summed E-state index contributed by atoms with van der Waals surface area (Å²) in [6.07, 6.45) is 5.71. The lowest BCUT2D eigenvalue weighted by Crippen LogP contribution is -2.42. The Morgan fingerprint density at radius 1 is 1.25 bits per heavy atom. The van der Waals surface area contributed by atoms with Gasteiger partial charge in [0.25, 0.3) is 0 Å². The monoisotopic (exact) mass is 434 g/mol. The third kappa shape index (κ3) is 3.85. The Bertz CT molecular complexity index is 1150. The number of aliphatic hydroxyl groups excluding tert-OH is 1. The van der Waals surface area contributed by atoms with Gasteiger partial charge >= 0.3 is 0 Å². The number of rotatable bonds is 5. The highest BCUT2D eigenvalue weighted by molar-refractivity contribution is 5.45. The molecule has 32 heavy (non-hydrogen) atoms. The van der Waals surface area contributed by atoms with Crippen molar-refractivity contribution in [2.45, 2.75) is 25.4 Å². The summed E-state index contributed by atoms with van der Waals surface area (Å²) in [5.74, 6) is 1.40. The summed E-state index contributed by atoms with van der Waals surface area (Å²) in [7, 11) is 1.52. The van der Waals surface area contributed by atoms with Crippen molar-refractivity contribution in [1.29, 1.82) is 5.26 Å². The third-order valence-electron chi connectivity index (χ3n) is 6.81. The molecule has 5 rings (SSSR count). The average Bonchev–Trinajstić information content (AvgIpc) is 3.45. The molecule has 1 N–H and O–H groups in total. The molecule has 1 atom stereocenters. The third-order valence-corrected chi connectivity index (χ3v) is 6.81. The number of methoxy groups -OCH3 is 1. The number of nitrogens with zero attached hydrogens (tertiary/aromatic N) is 8. The molecule has 2 aliphatic rings. The minimum absolute atomic E-state index is 0.284. The lowest BCUT2D eigenvalue weighted by Gasteiger charge is -2.40. The number of ether oxygens (including phenoxy) is 1. The summed E-state index contributed by atoms with van der Waals surface area (Å²) in [6.45, 7) is 4.40. The first-order valence-electron chi connectivity index (χ1n) is 10.9. The van der Waals surface area contributed by atoms with Gasteiger partial charge in [-0.05, 0) is 43.4 Å². The highest BCUT2D eigenvalue weighted by Crippen LogP contribution is 2.41. The van der Waals surface area contributed by atoms with Gasteiger partial charge in [0, 0.05) is 38.4 Å². The van der Waals surface area contributed by atoms with Crippen LogP contribution in [-0.4, -0.2) is 74.6 Å². The molecule has 0 bridgehead atoms. The first kappa shape index (κ1) is 20.6. The molecule has 3 aromatic heterocycles. The zero-order chi connectivity index (χ0) is 22.1. The van der Waals surface area contributed by atoms with Crippen LogP contribution in [-0.2, 0) is 0 Å².